The third-order valence-electron chi connectivity index (χ3n) is 5.12. The zero-order valence-electron chi connectivity index (χ0n) is 15.8. The van der Waals surface area contributed by atoms with E-state index in [2.05, 4.69) is 4.90 Å². The van der Waals surface area contributed by atoms with Crippen LogP contribution in [0.5, 0.6) is 0 Å². The Hall–Kier alpha value is -2.02. The van der Waals surface area contributed by atoms with Gasteiger partial charge in [-0.05, 0) is 52.7 Å². The predicted octanol–water partition coefficient (Wildman–Crippen LogP) is 3.78. The van der Waals surface area contributed by atoms with E-state index in [-0.39, 0.29) is 18.2 Å². The monoisotopic (exact) mass is 374 g/mol. The van der Waals surface area contributed by atoms with Crippen molar-refractivity contribution in [3.63, 3.8) is 0 Å². The predicted molar refractivity (Wildman–Crippen MR) is 106 cm³/mol. The van der Waals surface area contributed by atoms with Crippen LogP contribution < -0.4 is 10.6 Å². The lowest BCUT2D eigenvalue weighted by atomic mass is 9.90. The van der Waals surface area contributed by atoms with Gasteiger partial charge < -0.3 is 20.3 Å². The number of nitrogen functional groups attached to an aromatic ring is 1. The third kappa shape index (κ3) is 2.98. The van der Waals surface area contributed by atoms with Crippen molar-refractivity contribution in [1.82, 2.24) is 9.88 Å². The second-order valence-electron chi connectivity index (χ2n) is 8.25. The highest BCUT2D eigenvalue weighted by Crippen LogP contribution is 2.41. The zero-order chi connectivity index (χ0) is 18.6. The van der Waals surface area contributed by atoms with Gasteiger partial charge in [0.15, 0.2) is 0 Å². The van der Waals surface area contributed by atoms with Crippen LogP contribution in [0.25, 0.3) is 10.2 Å². The highest BCUT2D eigenvalue weighted by molar-refractivity contribution is 7.18. The summed E-state index contributed by atoms with van der Waals surface area (Å²) in [5.41, 5.74) is 8.67. The molecule has 0 aliphatic carbocycles. The third-order valence-corrected chi connectivity index (χ3v) is 6.05. The summed E-state index contributed by atoms with van der Waals surface area (Å²) in [6.07, 6.45) is 1.86. The summed E-state index contributed by atoms with van der Waals surface area (Å²) in [7, 11) is 0. The van der Waals surface area contributed by atoms with E-state index in [0.29, 0.717) is 6.54 Å². The lowest BCUT2D eigenvalue weighted by Gasteiger charge is -2.52. The van der Waals surface area contributed by atoms with Crippen molar-refractivity contribution in [2.75, 3.05) is 23.7 Å². The van der Waals surface area contributed by atoms with Gasteiger partial charge in [0.25, 0.3) is 0 Å². The van der Waals surface area contributed by atoms with Gasteiger partial charge in [-0.3, -0.25) is 0 Å². The van der Waals surface area contributed by atoms with E-state index < -0.39 is 5.60 Å². The molecule has 7 heteroatoms. The largest absolute Gasteiger partial charge is 0.444 e. The number of carbonyl (C=O) groups excluding carboxylic acids is 1. The number of benzene rings is 1. The lowest BCUT2D eigenvalue weighted by Crippen LogP contribution is -2.64. The number of aromatic nitrogens is 1. The minimum atomic E-state index is -0.471. The van der Waals surface area contributed by atoms with E-state index in [1.165, 1.54) is 0 Å². The Morgan fingerprint density at radius 3 is 2.65 bits per heavy atom. The summed E-state index contributed by atoms with van der Waals surface area (Å²) >= 11 is 1.69. The first-order chi connectivity index (χ1) is 12.2. The minimum Gasteiger partial charge on any atom is -0.444 e. The maximum atomic E-state index is 12.6. The number of aryl methyl sites for hydroxylation is 1. The summed E-state index contributed by atoms with van der Waals surface area (Å²) in [5.74, 6) is 0. The molecule has 26 heavy (non-hydrogen) atoms. The van der Waals surface area contributed by atoms with Crippen LogP contribution in [0.15, 0.2) is 12.1 Å². The van der Waals surface area contributed by atoms with Crippen LogP contribution in [0.1, 0.15) is 38.6 Å². The lowest BCUT2D eigenvalue weighted by molar-refractivity contribution is 0.000942. The smallest absolute Gasteiger partial charge is 0.410 e. The van der Waals surface area contributed by atoms with Crippen molar-refractivity contribution in [2.45, 2.75) is 58.2 Å². The van der Waals surface area contributed by atoms with Gasteiger partial charge in [0.05, 0.1) is 27.1 Å². The van der Waals surface area contributed by atoms with Gasteiger partial charge in [0.1, 0.15) is 11.1 Å². The molecule has 3 fully saturated rings. The second kappa shape index (κ2) is 6.01. The number of hydrogen-bond donors (Lipinski definition) is 1. The first-order valence-electron chi connectivity index (χ1n) is 9.15. The molecule has 2 bridgehead atoms. The van der Waals surface area contributed by atoms with Crippen LogP contribution in [0.4, 0.5) is 16.2 Å². The number of amides is 1. The summed E-state index contributed by atoms with van der Waals surface area (Å²) in [5, 5.41) is 1.05. The molecular weight excluding hydrogens is 348 g/mol. The van der Waals surface area contributed by atoms with Crippen molar-refractivity contribution < 1.29 is 9.53 Å². The number of thiazole rings is 1. The van der Waals surface area contributed by atoms with Crippen molar-refractivity contribution in [3.05, 3.63) is 17.1 Å². The van der Waals surface area contributed by atoms with E-state index in [1.807, 2.05) is 44.7 Å². The van der Waals surface area contributed by atoms with Gasteiger partial charge >= 0.3 is 6.09 Å². The molecule has 5 rings (SSSR count). The molecule has 3 saturated heterocycles. The van der Waals surface area contributed by atoms with E-state index in [1.54, 1.807) is 11.3 Å². The molecule has 0 spiro atoms. The second-order valence-corrected chi connectivity index (χ2v) is 9.49. The van der Waals surface area contributed by atoms with Gasteiger partial charge in [-0.2, -0.15) is 0 Å². The molecule has 2 aromatic rings. The van der Waals surface area contributed by atoms with Crippen molar-refractivity contribution in [1.29, 1.82) is 0 Å². The summed E-state index contributed by atoms with van der Waals surface area (Å²) in [6.45, 7) is 9.21. The molecule has 4 heterocycles. The van der Waals surface area contributed by atoms with Crippen LogP contribution in [0.2, 0.25) is 0 Å². The number of ether oxygens (including phenoxy) is 1. The molecule has 0 radical (unpaired) electrons. The van der Waals surface area contributed by atoms with Crippen LogP contribution >= 0.6 is 11.3 Å². The molecule has 1 unspecified atom stereocenters. The maximum Gasteiger partial charge on any atom is 0.410 e. The quantitative estimate of drug-likeness (QED) is 0.769. The molecule has 1 aromatic carbocycles. The van der Waals surface area contributed by atoms with Gasteiger partial charge in [0, 0.05) is 19.1 Å². The Morgan fingerprint density at radius 1 is 1.27 bits per heavy atom. The molecule has 2 atom stereocenters. The number of piperazine rings is 1. The SMILES string of the molecule is Cc1nc2c(N3C[C@@H]4CCC3CN4C(=O)OC(C)(C)C)c(N)ccc2s1. The Labute approximate surface area is 157 Å². The Bertz CT molecular complexity index is 857. The molecular formula is C19H26N4O2S. The van der Waals surface area contributed by atoms with Crippen molar-refractivity contribution in [3.8, 4) is 0 Å². The van der Waals surface area contributed by atoms with Gasteiger partial charge in [0.2, 0.25) is 0 Å². The number of nitrogens with zero attached hydrogens (tertiary/aromatic N) is 3. The number of piperidine rings is 2. The average Bonchev–Trinajstić information content (AvgIpc) is 2.93. The molecule has 1 aromatic heterocycles. The fraction of sp³-hybridized carbons (Fsp3) is 0.579. The standard InChI is InChI=1S/C19H26N4O2S/c1-11-21-16-15(26-11)8-7-14(20)17(16)22-9-13-6-5-12(22)10-23(13)18(24)25-19(2,3)4/h7-8,12-13H,5-6,9-10,20H2,1-4H3/t12?,13-/m0/s1. The Balaban J connectivity index is 1.63. The number of carbonyl (C=O) groups is 1. The maximum absolute atomic E-state index is 12.6. The zero-order valence-corrected chi connectivity index (χ0v) is 16.6. The number of rotatable bonds is 1. The fourth-order valence-electron chi connectivity index (χ4n) is 4.05. The van der Waals surface area contributed by atoms with Crippen LogP contribution in [-0.2, 0) is 4.74 Å². The molecule has 6 nitrogen and oxygen atoms in total. The normalized spacial score (nSPS) is 22.9. The summed E-state index contributed by atoms with van der Waals surface area (Å²) in [4.78, 5) is 21.6. The fourth-order valence-corrected chi connectivity index (χ4v) is 4.89. The molecule has 0 saturated carbocycles. The molecule has 3 aliphatic heterocycles. The number of nitrogens with two attached hydrogens (primary N) is 1. The number of fused-ring (bicyclic) bond motifs is 4. The van der Waals surface area contributed by atoms with Crippen molar-refractivity contribution >= 4 is 39.0 Å². The minimum absolute atomic E-state index is 0.157. The number of hydrogen-bond acceptors (Lipinski definition) is 6. The van der Waals surface area contributed by atoms with Crippen molar-refractivity contribution in [2.24, 2.45) is 0 Å². The highest BCUT2D eigenvalue weighted by Gasteiger charge is 2.43. The van der Waals surface area contributed by atoms with E-state index in [0.717, 1.165) is 46.0 Å². The van der Waals surface area contributed by atoms with Crippen LogP contribution in [-0.4, -0.2) is 46.8 Å². The van der Waals surface area contributed by atoms with Crippen LogP contribution in [0, 0.1) is 6.92 Å². The van der Waals surface area contributed by atoms with E-state index >= 15 is 0 Å². The topological polar surface area (TPSA) is 71.7 Å². The summed E-state index contributed by atoms with van der Waals surface area (Å²) in [6, 6.07) is 4.43. The van der Waals surface area contributed by atoms with Gasteiger partial charge in [-0.25, -0.2) is 9.78 Å². The Morgan fingerprint density at radius 2 is 2.00 bits per heavy atom. The summed E-state index contributed by atoms with van der Waals surface area (Å²) < 4.78 is 6.77. The molecule has 3 aliphatic rings. The first kappa shape index (κ1) is 17.4. The molecule has 2 N–H and O–H groups in total. The van der Waals surface area contributed by atoms with Gasteiger partial charge in [-0.15, -0.1) is 11.3 Å². The van der Waals surface area contributed by atoms with Crippen LogP contribution in [0.3, 0.4) is 0 Å². The van der Waals surface area contributed by atoms with E-state index in [9.17, 15) is 4.79 Å². The number of anilines is 2. The van der Waals surface area contributed by atoms with Gasteiger partial charge in [-0.1, -0.05) is 0 Å². The highest BCUT2D eigenvalue weighted by atomic mass is 32.1. The molecule has 140 valence electrons. The van der Waals surface area contributed by atoms with E-state index in [4.69, 9.17) is 15.5 Å². The average molecular weight is 375 g/mol. The Kier molecular flexibility index (Phi) is 4.02. The first-order valence-corrected chi connectivity index (χ1v) is 9.96. The molecule has 1 amide bonds.